The molecule has 0 spiro atoms. The smallest absolute Gasteiger partial charge is 0.269 e. The van der Waals surface area contributed by atoms with Gasteiger partial charge < -0.3 is 15.1 Å². The molecule has 1 atom stereocenters. The van der Waals surface area contributed by atoms with E-state index in [1.165, 1.54) is 23.2 Å². The van der Waals surface area contributed by atoms with Crippen LogP contribution in [0.2, 0.25) is 0 Å². The van der Waals surface area contributed by atoms with E-state index in [0.29, 0.717) is 0 Å². The van der Waals surface area contributed by atoms with Gasteiger partial charge in [0.15, 0.2) is 5.96 Å². The van der Waals surface area contributed by atoms with Gasteiger partial charge in [-0.1, -0.05) is 12.1 Å². The van der Waals surface area contributed by atoms with E-state index in [1.807, 2.05) is 12.1 Å². The fourth-order valence-electron chi connectivity index (χ4n) is 4.52. The number of non-ortho nitro benzene ring substituents is 1. The van der Waals surface area contributed by atoms with E-state index in [4.69, 9.17) is 4.99 Å². The van der Waals surface area contributed by atoms with Crippen molar-refractivity contribution in [3.05, 3.63) is 63.7 Å². The van der Waals surface area contributed by atoms with E-state index in [2.05, 4.69) is 33.3 Å². The van der Waals surface area contributed by atoms with Gasteiger partial charge in [0, 0.05) is 55.2 Å². The minimum absolute atomic E-state index is 0. The van der Waals surface area contributed by atoms with Crippen LogP contribution in [-0.4, -0.2) is 42.0 Å². The van der Waals surface area contributed by atoms with Crippen LogP contribution in [0.15, 0.2) is 47.5 Å². The molecule has 0 radical (unpaired) electrons. The molecule has 1 N–H and O–H groups in total. The van der Waals surface area contributed by atoms with Gasteiger partial charge in [0.05, 0.1) is 11.0 Å². The summed E-state index contributed by atoms with van der Waals surface area (Å²) in [5.41, 5.74) is 5.21. The molecule has 1 saturated heterocycles. The number of guanidine groups is 1. The van der Waals surface area contributed by atoms with Crippen LogP contribution in [0.1, 0.15) is 30.0 Å². The Bertz CT molecular complexity index is 939. The Morgan fingerprint density at radius 3 is 2.48 bits per heavy atom. The number of rotatable bonds is 2. The van der Waals surface area contributed by atoms with Crippen molar-refractivity contribution < 1.29 is 4.92 Å². The minimum atomic E-state index is -0.358. The second-order valence-electron chi connectivity index (χ2n) is 7.61. The summed E-state index contributed by atoms with van der Waals surface area (Å²) in [7, 11) is 0. The topological polar surface area (TPSA) is 74.0 Å². The first-order valence-corrected chi connectivity index (χ1v) is 9.90. The summed E-state index contributed by atoms with van der Waals surface area (Å²) >= 11 is 0. The van der Waals surface area contributed by atoms with Gasteiger partial charge in [0.25, 0.3) is 5.69 Å². The number of nitrogens with zero attached hydrogens (tertiary/aromatic N) is 4. The number of nitro benzene ring substituents is 1. The number of halogens is 1. The summed E-state index contributed by atoms with van der Waals surface area (Å²) in [4.78, 5) is 20.1. The largest absolute Gasteiger partial charge is 0.368 e. The molecule has 0 saturated carbocycles. The molecule has 8 heteroatoms. The number of aliphatic imine (C=N–C) groups is 1. The van der Waals surface area contributed by atoms with Crippen LogP contribution in [-0.2, 0) is 6.42 Å². The third kappa shape index (κ3) is 3.62. The average Bonchev–Trinajstić information content (AvgIpc) is 2.74. The SMILES string of the molecule is Cl.O=[N+]([O-])c1ccc(N2CCN(C3=NC4CCCc5cccc(c54)N3)CC2)cc1. The van der Waals surface area contributed by atoms with Crippen LogP contribution in [0.5, 0.6) is 0 Å². The van der Waals surface area contributed by atoms with Crippen molar-refractivity contribution in [1.29, 1.82) is 0 Å². The molecule has 1 unspecified atom stereocenters. The molecule has 2 aliphatic heterocycles. The first-order valence-electron chi connectivity index (χ1n) is 9.90. The van der Waals surface area contributed by atoms with Crippen LogP contribution in [0.25, 0.3) is 0 Å². The van der Waals surface area contributed by atoms with Gasteiger partial charge in [0.1, 0.15) is 0 Å². The molecule has 29 heavy (non-hydrogen) atoms. The first kappa shape index (κ1) is 19.5. The molecule has 0 bridgehead atoms. The quantitative estimate of drug-likeness (QED) is 0.595. The molecule has 3 aliphatic rings. The fraction of sp³-hybridized carbons (Fsp3) is 0.381. The second kappa shape index (κ2) is 7.91. The standard InChI is InChI=1S/C21H23N5O2.ClH/c27-26(28)17-9-7-16(8-10-17)24-11-13-25(14-12-24)21-22-18-5-1-3-15-4-2-6-19(23-21)20(15)18;/h1,3,5,7-10,19H,2,4,6,11-14H2,(H,22,23);1H. The van der Waals surface area contributed by atoms with Crippen molar-refractivity contribution in [2.75, 3.05) is 36.4 Å². The normalized spacial score (nSPS) is 20.1. The number of hydrogen-bond donors (Lipinski definition) is 1. The van der Waals surface area contributed by atoms with Crippen molar-refractivity contribution in [2.24, 2.45) is 4.99 Å². The third-order valence-electron chi connectivity index (χ3n) is 5.98. The number of hydrogen-bond acceptors (Lipinski definition) is 6. The Kier molecular flexibility index (Phi) is 5.32. The van der Waals surface area contributed by atoms with Crippen molar-refractivity contribution in [1.82, 2.24) is 4.90 Å². The lowest BCUT2D eigenvalue weighted by atomic mass is 9.86. The maximum Gasteiger partial charge on any atom is 0.269 e. The van der Waals surface area contributed by atoms with Gasteiger partial charge in [-0.15, -0.1) is 12.4 Å². The summed E-state index contributed by atoms with van der Waals surface area (Å²) in [6.07, 6.45) is 3.48. The number of aryl methyl sites for hydroxylation is 1. The van der Waals surface area contributed by atoms with Crippen molar-refractivity contribution in [3.8, 4) is 0 Å². The highest BCUT2D eigenvalue weighted by Gasteiger charge is 2.30. The summed E-state index contributed by atoms with van der Waals surface area (Å²) in [5, 5.41) is 14.4. The van der Waals surface area contributed by atoms with Crippen LogP contribution in [0, 0.1) is 10.1 Å². The highest BCUT2D eigenvalue weighted by Crippen LogP contribution is 2.40. The summed E-state index contributed by atoms with van der Waals surface area (Å²) < 4.78 is 0. The van der Waals surface area contributed by atoms with Crippen molar-refractivity contribution in [3.63, 3.8) is 0 Å². The fourth-order valence-corrected chi connectivity index (χ4v) is 4.52. The Balaban J connectivity index is 0.00000205. The predicted octanol–water partition coefficient (Wildman–Crippen LogP) is 4.00. The Hall–Kier alpha value is -2.80. The van der Waals surface area contributed by atoms with E-state index >= 15 is 0 Å². The molecule has 2 heterocycles. The van der Waals surface area contributed by atoms with E-state index in [9.17, 15) is 10.1 Å². The molecule has 0 aromatic heterocycles. The van der Waals surface area contributed by atoms with Crippen LogP contribution < -0.4 is 10.2 Å². The van der Waals surface area contributed by atoms with Gasteiger partial charge in [-0.25, -0.2) is 4.99 Å². The predicted molar refractivity (Wildman–Crippen MR) is 117 cm³/mol. The lowest BCUT2D eigenvalue weighted by molar-refractivity contribution is -0.384. The molecule has 1 aliphatic carbocycles. The number of benzene rings is 2. The van der Waals surface area contributed by atoms with Gasteiger partial charge in [-0.2, -0.15) is 0 Å². The molecule has 2 aromatic rings. The molecule has 1 fully saturated rings. The lowest BCUT2D eigenvalue weighted by Crippen LogP contribution is -2.51. The highest BCUT2D eigenvalue weighted by molar-refractivity contribution is 5.96. The zero-order chi connectivity index (χ0) is 19.1. The van der Waals surface area contributed by atoms with Gasteiger partial charge in [0.2, 0.25) is 0 Å². The van der Waals surface area contributed by atoms with Crippen molar-refractivity contribution in [2.45, 2.75) is 25.3 Å². The third-order valence-corrected chi connectivity index (χ3v) is 5.98. The van der Waals surface area contributed by atoms with Gasteiger partial charge >= 0.3 is 0 Å². The summed E-state index contributed by atoms with van der Waals surface area (Å²) in [6, 6.07) is 13.6. The Morgan fingerprint density at radius 2 is 1.76 bits per heavy atom. The number of nitro groups is 1. The summed E-state index contributed by atoms with van der Waals surface area (Å²) in [5.74, 6) is 0.986. The maximum atomic E-state index is 10.8. The van der Waals surface area contributed by atoms with Gasteiger partial charge in [-0.3, -0.25) is 10.1 Å². The first-order chi connectivity index (χ1) is 13.7. The minimum Gasteiger partial charge on any atom is -0.368 e. The van der Waals surface area contributed by atoms with E-state index in [-0.39, 0.29) is 29.1 Å². The summed E-state index contributed by atoms with van der Waals surface area (Å²) in [6.45, 7) is 3.50. The lowest BCUT2D eigenvalue weighted by Gasteiger charge is -2.40. The Labute approximate surface area is 176 Å². The second-order valence-corrected chi connectivity index (χ2v) is 7.61. The van der Waals surface area contributed by atoms with Crippen LogP contribution in [0.4, 0.5) is 17.1 Å². The molecule has 0 amide bonds. The number of nitrogens with one attached hydrogen (secondary N) is 1. The van der Waals surface area contributed by atoms with E-state index in [0.717, 1.165) is 50.7 Å². The molecule has 152 valence electrons. The Morgan fingerprint density at radius 1 is 1.03 bits per heavy atom. The molecular weight excluding hydrogens is 390 g/mol. The zero-order valence-corrected chi connectivity index (χ0v) is 16.9. The molecule has 7 nitrogen and oxygen atoms in total. The molecule has 2 aromatic carbocycles. The maximum absolute atomic E-state index is 10.8. The van der Waals surface area contributed by atoms with E-state index < -0.39 is 0 Å². The zero-order valence-electron chi connectivity index (χ0n) is 16.1. The molecule has 5 rings (SSSR count). The van der Waals surface area contributed by atoms with Crippen molar-refractivity contribution >= 4 is 35.4 Å². The monoisotopic (exact) mass is 413 g/mol. The average molecular weight is 414 g/mol. The molecular formula is C21H24ClN5O2. The van der Waals surface area contributed by atoms with E-state index in [1.54, 1.807) is 12.1 Å². The van der Waals surface area contributed by atoms with Gasteiger partial charge in [-0.05, 0) is 43.0 Å². The van der Waals surface area contributed by atoms with Crippen LogP contribution in [0.3, 0.4) is 0 Å². The van der Waals surface area contributed by atoms with Crippen LogP contribution >= 0.6 is 12.4 Å². The number of piperazine rings is 1. The number of anilines is 2. The highest BCUT2D eigenvalue weighted by atomic mass is 35.5.